The summed E-state index contributed by atoms with van der Waals surface area (Å²) in [5.41, 5.74) is 1.93. The van der Waals surface area contributed by atoms with E-state index in [-0.39, 0.29) is 18.0 Å². The highest BCUT2D eigenvalue weighted by atomic mass is 79.9. The minimum Gasteiger partial charge on any atom is -0.488 e. The van der Waals surface area contributed by atoms with Crippen molar-refractivity contribution in [2.45, 2.75) is 6.61 Å². The second-order valence-electron chi connectivity index (χ2n) is 6.08. The van der Waals surface area contributed by atoms with Gasteiger partial charge in [0.05, 0.1) is 0 Å². The Morgan fingerprint density at radius 1 is 1.07 bits per heavy atom. The fraction of sp³-hybridized carbons (Fsp3) is 0.0435. The van der Waals surface area contributed by atoms with E-state index in [1.807, 2.05) is 6.07 Å². The number of rotatable bonds is 6. The van der Waals surface area contributed by atoms with Crippen LogP contribution in [0.15, 0.2) is 82.8 Å². The highest BCUT2D eigenvalue weighted by Gasteiger charge is 2.11. The second kappa shape index (κ2) is 9.67. The highest BCUT2D eigenvalue weighted by molar-refractivity contribution is 9.10. The highest BCUT2D eigenvalue weighted by Crippen LogP contribution is 2.23. The summed E-state index contributed by atoms with van der Waals surface area (Å²) < 4.78 is 19.7. The standard InChI is InChI=1S/C23H16BrFN2O2/c24-19-7-11-21(12-8-19)27-23(28)18(14-26)13-17-3-1-2-4-22(17)29-15-16-5-9-20(25)10-6-16/h1-13H,15H2,(H,27,28)/b18-13+. The van der Waals surface area contributed by atoms with Gasteiger partial charge in [0, 0.05) is 15.7 Å². The van der Waals surface area contributed by atoms with E-state index in [2.05, 4.69) is 21.2 Å². The Kier molecular flexibility index (Phi) is 6.77. The monoisotopic (exact) mass is 450 g/mol. The number of para-hydroxylation sites is 1. The largest absolute Gasteiger partial charge is 0.488 e. The number of halogens is 2. The van der Waals surface area contributed by atoms with Gasteiger partial charge in [-0.25, -0.2) is 4.39 Å². The van der Waals surface area contributed by atoms with Crippen LogP contribution in [0.5, 0.6) is 5.75 Å². The number of hydrogen-bond donors (Lipinski definition) is 1. The lowest BCUT2D eigenvalue weighted by molar-refractivity contribution is -0.112. The van der Waals surface area contributed by atoms with Crippen molar-refractivity contribution in [1.29, 1.82) is 5.26 Å². The Labute approximate surface area is 176 Å². The summed E-state index contributed by atoms with van der Waals surface area (Å²) in [6.07, 6.45) is 1.48. The van der Waals surface area contributed by atoms with E-state index in [0.29, 0.717) is 17.0 Å². The van der Waals surface area contributed by atoms with Crippen LogP contribution in [-0.2, 0) is 11.4 Å². The molecule has 0 radical (unpaired) electrons. The fourth-order valence-electron chi connectivity index (χ4n) is 2.51. The zero-order valence-electron chi connectivity index (χ0n) is 15.2. The maximum Gasteiger partial charge on any atom is 0.266 e. The molecule has 0 saturated carbocycles. The van der Waals surface area contributed by atoms with Gasteiger partial charge in [-0.1, -0.05) is 46.3 Å². The lowest BCUT2D eigenvalue weighted by atomic mass is 10.1. The SMILES string of the molecule is N#C/C(=C\c1ccccc1OCc1ccc(F)cc1)C(=O)Nc1ccc(Br)cc1. The molecule has 0 heterocycles. The molecule has 0 atom stereocenters. The molecule has 4 nitrogen and oxygen atoms in total. The molecule has 144 valence electrons. The molecule has 0 aliphatic carbocycles. The van der Waals surface area contributed by atoms with Gasteiger partial charge in [0.15, 0.2) is 0 Å². The van der Waals surface area contributed by atoms with Crippen molar-refractivity contribution in [3.63, 3.8) is 0 Å². The number of anilines is 1. The van der Waals surface area contributed by atoms with E-state index >= 15 is 0 Å². The van der Waals surface area contributed by atoms with Crippen molar-refractivity contribution in [3.8, 4) is 11.8 Å². The van der Waals surface area contributed by atoms with Gasteiger partial charge in [-0.05, 0) is 54.1 Å². The van der Waals surface area contributed by atoms with Crippen LogP contribution in [0.2, 0.25) is 0 Å². The summed E-state index contributed by atoms with van der Waals surface area (Å²) >= 11 is 3.33. The Balaban J connectivity index is 1.76. The zero-order valence-corrected chi connectivity index (χ0v) is 16.8. The summed E-state index contributed by atoms with van der Waals surface area (Å²) in [4.78, 5) is 12.5. The fourth-order valence-corrected chi connectivity index (χ4v) is 2.77. The number of nitriles is 1. The lowest BCUT2D eigenvalue weighted by Gasteiger charge is -2.10. The van der Waals surface area contributed by atoms with Crippen LogP contribution in [0.3, 0.4) is 0 Å². The van der Waals surface area contributed by atoms with Crippen molar-refractivity contribution in [3.05, 3.63) is 99.8 Å². The maximum atomic E-state index is 13.0. The van der Waals surface area contributed by atoms with Crippen molar-refractivity contribution in [1.82, 2.24) is 0 Å². The lowest BCUT2D eigenvalue weighted by Crippen LogP contribution is -2.13. The van der Waals surface area contributed by atoms with E-state index in [0.717, 1.165) is 10.0 Å². The summed E-state index contributed by atoms with van der Waals surface area (Å²) in [5.74, 6) is -0.309. The molecule has 0 aromatic heterocycles. The van der Waals surface area contributed by atoms with Crippen LogP contribution in [0.1, 0.15) is 11.1 Å². The Bertz CT molecular complexity index is 1070. The quantitative estimate of drug-likeness (QED) is 0.386. The van der Waals surface area contributed by atoms with Gasteiger partial charge < -0.3 is 10.1 Å². The molecule has 0 fully saturated rings. The molecule has 3 rings (SSSR count). The van der Waals surface area contributed by atoms with E-state index < -0.39 is 5.91 Å². The molecule has 1 N–H and O–H groups in total. The minimum atomic E-state index is -0.511. The molecule has 0 spiro atoms. The molecule has 29 heavy (non-hydrogen) atoms. The van der Waals surface area contributed by atoms with Crippen molar-refractivity contribution in [2.24, 2.45) is 0 Å². The molecule has 0 saturated heterocycles. The number of ether oxygens (including phenoxy) is 1. The average Bonchev–Trinajstić information content (AvgIpc) is 2.74. The van der Waals surface area contributed by atoms with Gasteiger partial charge in [0.25, 0.3) is 5.91 Å². The number of nitrogens with one attached hydrogen (secondary N) is 1. The van der Waals surface area contributed by atoms with E-state index in [1.54, 1.807) is 60.7 Å². The van der Waals surface area contributed by atoms with Crippen LogP contribution in [0, 0.1) is 17.1 Å². The Hall–Kier alpha value is -3.43. The summed E-state index contributed by atoms with van der Waals surface area (Å²) in [6.45, 7) is 0.234. The van der Waals surface area contributed by atoms with Crippen LogP contribution in [-0.4, -0.2) is 5.91 Å². The first kappa shape index (κ1) is 20.3. The van der Waals surface area contributed by atoms with Crippen LogP contribution < -0.4 is 10.1 Å². The molecular weight excluding hydrogens is 435 g/mol. The third kappa shape index (κ3) is 5.77. The molecule has 0 bridgehead atoms. The predicted molar refractivity (Wildman–Crippen MR) is 114 cm³/mol. The van der Waals surface area contributed by atoms with E-state index in [9.17, 15) is 14.4 Å². The van der Waals surface area contributed by atoms with Gasteiger partial charge in [-0.2, -0.15) is 5.26 Å². The number of nitrogens with zero attached hydrogens (tertiary/aromatic N) is 1. The summed E-state index contributed by atoms with van der Waals surface area (Å²) in [5, 5.41) is 12.1. The van der Waals surface area contributed by atoms with Crippen LogP contribution in [0.4, 0.5) is 10.1 Å². The predicted octanol–water partition coefficient (Wildman–Crippen LogP) is 5.71. The van der Waals surface area contributed by atoms with Crippen molar-refractivity contribution < 1.29 is 13.9 Å². The summed E-state index contributed by atoms with van der Waals surface area (Å²) in [6, 6.07) is 22.1. The topological polar surface area (TPSA) is 62.1 Å². The molecule has 1 amide bonds. The number of amides is 1. The molecule has 6 heteroatoms. The molecule has 0 unspecified atom stereocenters. The van der Waals surface area contributed by atoms with Gasteiger partial charge in [0.2, 0.25) is 0 Å². The van der Waals surface area contributed by atoms with Gasteiger partial charge in [-0.3, -0.25) is 4.79 Å². The maximum absolute atomic E-state index is 13.0. The number of benzene rings is 3. The van der Waals surface area contributed by atoms with E-state index in [1.165, 1.54) is 18.2 Å². The first-order chi connectivity index (χ1) is 14.0. The van der Waals surface area contributed by atoms with Crippen molar-refractivity contribution >= 4 is 33.6 Å². The molecule has 0 aliphatic heterocycles. The third-order valence-corrected chi connectivity index (χ3v) is 4.52. The molecular formula is C23H16BrFN2O2. The molecule has 0 aliphatic rings. The average molecular weight is 451 g/mol. The molecule has 3 aromatic rings. The first-order valence-corrected chi connectivity index (χ1v) is 9.49. The van der Waals surface area contributed by atoms with E-state index in [4.69, 9.17) is 4.74 Å². The van der Waals surface area contributed by atoms with Crippen LogP contribution in [0.25, 0.3) is 6.08 Å². The normalized spacial score (nSPS) is 10.9. The number of carbonyl (C=O) groups excluding carboxylic acids is 1. The first-order valence-electron chi connectivity index (χ1n) is 8.70. The number of carbonyl (C=O) groups is 1. The van der Waals surface area contributed by atoms with Gasteiger partial charge in [0.1, 0.15) is 29.8 Å². The molecule has 3 aromatic carbocycles. The van der Waals surface area contributed by atoms with Gasteiger partial charge >= 0.3 is 0 Å². The zero-order chi connectivity index (χ0) is 20.6. The van der Waals surface area contributed by atoms with Gasteiger partial charge in [-0.15, -0.1) is 0 Å². The summed E-state index contributed by atoms with van der Waals surface area (Å²) in [7, 11) is 0. The van der Waals surface area contributed by atoms with Crippen LogP contribution >= 0.6 is 15.9 Å². The Morgan fingerprint density at radius 2 is 1.76 bits per heavy atom. The third-order valence-electron chi connectivity index (χ3n) is 3.99. The number of hydrogen-bond acceptors (Lipinski definition) is 3. The smallest absolute Gasteiger partial charge is 0.266 e. The minimum absolute atomic E-state index is 0.0502. The van der Waals surface area contributed by atoms with Crippen molar-refractivity contribution in [2.75, 3.05) is 5.32 Å². The Morgan fingerprint density at radius 3 is 2.45 bits per heavy atom. The second-order valence-corrected chi connectivity index (χ2v) is 7.00.